The minimum Gasteiger partial charge on any atom is -0.463 e. The van der Waals surface area contributed by atoms with Gasteiger partial charge in [0.05, 0.1) is 6.61 Å². The van der Waals surface area contributed by atoms with Crippen LogP contribution in [-0.4, -0.2) is 42.5 Å². The van der Waals surface area contributed by atoms with Crippen molar-refractivity contribution >= 4 is 11.9 Å². The highest BCUT2D eigenvalue weighted by Crippen LogP contribution is 2.60. The monoisotopic (exact) mass is 410 g/mol. The zero-order valence-electron chi connectivity index (χ0n) is 17.4. The van der Waals surface area contributed by atoms with Crippen LogP contribution in [0.5, 0.6) is 0 Å². The van der Waals surface area contributed by atoms with Gasteiger partial charge in [-0.2, -0.15) is 0 Å². The summed E-state index contributed by atoms with van der Waals surface area (Å²) in [5, 5.41) is 0. The van der Waals surface area contributed by atoms with E-state index in [9.17, 15) is 9.59 Å². The Morgan fingerprint density at radius 1 is 1.07 bits per heavy atom. The average molecular weight is 410 g/mol. The van der Waals surface area contributed by atoms with Crippen LogP contribution < -0.4 is 0 Å². The van der Waals surface area contributed by atoms with E-state index in [-0.39, 0.29) is 24.4 Å². The average Bonchev–Trinajstić information content (AvgIpc) is 2.90. The molecule has 0 unspecified atom stereocenters. The predicted molar refractivity (Wildman–Crippen MR) is 98.7 cm³/mol. The molecule has 4 saturated heterocycles. The Kier molecular flexibility index (Phi) is 5.48. The second kappa shape index (κ2) is 7.65. The van der Waals surface area contributed by atoms with Gasteiger partial charge in [-0.3, -0.25) is 0 Å². The van der Waals surface area contributed by atoms with Crippen LogP contribution in [0.25, 0.3) is 0 Å². The van der Waals surface area contributed by atoms with Gasteiger partial charge in [0.15, 0.2) is 11.9 Å². The molecule has 0 aromatic heterocycles. The number of esters is 2. The van der Waals surface area contributed by atoms with E-state index < -0.39 is 35.9 Å². The summed E-state index contributed by atoms with van der Waals surface area (Å²) in [4.78, 5) is 35.5. The van der Waals surface area contributed by atoms with Crippen LogP contribution in [0.4, 0.5) is 0 Å². The summed E-state index contributed by atoms with van der Waals surface area (Å²) in [5.41, 5.74) is -0.698. The summed E-state index contributed by atoms with van der Waals surface area (Å²) in [6.07, 6.45) is 4.28. The highest BCUT2D eigenvalue weighted by molar-refractivity contribution is 5.91. The first-order valence-corrected chi connectivity index (χ1v) is 10.5. The molecule has 8 atom stereocenters. The van der Waals surface area contributed by atoms with Gasteiger partial charge in [-0.1, -0.05) is 13.8 Å². The topological polar surface area (TPSA) is 89.5 Å². The molecule has 0 aromatic carbocycles. The predicted octanol–water partition coefficient (Wildman–Crippen LogP) is 2.86. The van der Waals surface area contributed by atoms with Crippen molar-refractivity contribution in [2.24, 2.45) is 23.7 Å². The molecule has 29 heavy (non-hydrogen) atoms. The first kappa shape index (κ1) is 20.8. The van der Waals surface area contributed by atoms with Crippen molar-refractivity contribution in [3.05, 3.63) is 12.2 Å². The van der Waals surface area contributed by atoms with Crippen molar-refractivity contribution in [1.29, 1.82) is 0 Å². The van der Waals surface area contributed by atoms with Crippen LogP contribution in [0.15, 0.2) is 12.2 Å². The maximum absolute atomic E-state index is 12.2. The number of hydrogen-bond acceptors (Lipinski definition) is 8. The molecular formula is C21H30O8. The summed E-state index contributed by atoms with van der Waals surface area (Å²) >= 11 is 0. The molecule has 5 fully saturated rings. The summed E-state index contributed by atoms with van der Waals surface area (Å²) in [6.45, 7) is 8.03. The number of carbonyl (C=O) groups is 2. The van der Waals surface area contributed by atoms with Crippen molar-refractivity contribution < 1.29 is 38.3 Å². The molecule has 5 aliphatic rings. The van der Waals surface area contributed by atoms with E-state index >= 15 is 0 Å². The van der Waals surface area contributed by atoms with Crippen molar-refractivity contribution in [3.8, 4) is 0 Å². The fraction of sp³-hybridized carbons (Fsp3) is 0.810. The van der Waals surface area contributed by atoms with E-state index in [2.05, 4.69) is 6.92 Å². The molecule has 0 N–H and O–H groups in total. The number of hydrogen-bond donors (Lipinski definition) is 0. The Bertz CT molecular complexity index is 692. The molecule has 5 rings (SSSR count). The lowest BCUT2D eigenvalue weighted by Crippen LogP contribution is -2.70. The van der Waals surface area contributed by atoms with Crippen LogP contribution in [0.3, 0.4) is 0 Å². The fourth-order valence-electron chi connectivity index (χ4n) is 5.49. The molecule has 4 aliphatic heterocycles. The maximum Gasteiger partial charge on any atom is 0.333 e. The second-order valence-corrected chi connectivity index (χ2v) is 8.80. The van der Waals surface area contributed by atoms with Crippen LogP contribution in [0.2, 0.25) is 0 Å². The minimum absolute atomic E-state index is 0.0666. The summed E-state index contributed by atoms with van der Waals surface area (Å²) in [6, 6.07) is 0. The molecule has 162 valence electrons. The highest BCUT2D eigenvalue weighted by atomic mass is 17.3. The largest absolute Gasteiger partial charge is 0.463 e. The van der Waals surface area contributed by atoms with E-state index in [4.69, 9.17) is 28.7 Å². The molecule has 8 heteroatoms. The Morgan fingerprint density at radius 2 is 1.83 bits per heavy atom. The Labute approximate surface area is 170 Å². The fourth-order valence-corrected chi connectivity index (χ4v) is 5.49. The van der Waals surface area contributed by atoms with Crippen molar-refractivity contribution in [2.75, 3.05) is 6.61 Å². The number of carbonyl (C=O) groups excluding carboxylic acids is 2. The van der Waals surface area contributed by atoms with Crippen LogP contribution >= 0.6 is 0 Å². The highest BCUT2D eigenvalue weighted by Gasteiger charge is 2.69. The Hall–Kier alpha value is -1.48. The van der Waals surface area contributed by atoms with E-state index in [1.54, 1.807) is 6.92 Å². The van der Waals surface area contributed by atoms with E-state index in [1.165, 1.54) is 0 Å². The van der Waals surface area contributed by atoms with Gasteiger partial charge in [0.25, 0.3) is 0 Å². The molecule has 0 aromatic rings. The lowest BCUT2D eigenvalue weighted by molar-refractivity contribution is -0.576. The SMILES string of the molecule is CCOC(=O)/C=C/C(=O)O[C@@H]1O[C@@H]2O[C@@]3(C)CC[C@@H]4[C@H](C)CC[C@H]([C@H]1C)[C@@]24OO3. The molecule has 4 heterocycles. The van der Waals surface area contributed by atoms with Gasteiger partial charge in [0.2, 0.25) is 12.1 Å². The maximum atomic E-state index is 12.2. The van der Waals surface area contributed by atoms with Gasteiger partial charge >= 0.3 is 11.9 Å². The Balaban J connectivity index is 1.55. The lowest BCUT2D eigenvalue weighted by Gasteiger charge is -2.59. The molecule has 2 bridgehead atoms. The van der Waals surface area contributed by atoms with Crippen molar-refractivity contribution in [3.63, 3.8) is 0 Å². The third-order valence-electron chi connectivity index (χ3n) is 6.97. The zero-order valence-corrected chi connectivity index (χ0v) is 17.4. The van der Waals surface area contributed by atoms with Gasteiger partial charge in [-0.15, -0.1) is 0 Å². The number of ether oxygens (including phenoxy) is 4. The molecular weight excluding hydrogens is 380 g/mol. The first-order valence-electron chi connectivity index (χ1n) is 10.5. The molecule has 0 amide bonds. The van der Waals surface area contributed by atoms with Crippen LogP contribution in [0, 0.1) is 23.7 Å². The molecule has 0 radical (unpaired) electrons. The van der Waals surface area contributed by atoms with Gasteiger partial charge in [-0.25, -0.2) is 19.4 Å². The van der Waals surface area contributed by atoms with Gasteiger partial charge in [0, 0.05) is 30.4 Å². The lowest BCUT2D eigenvalue weighted by atomic mass is 9.58. The van der Waals surface area contributed by atoms with Crippen molar-refractivity contribution in [2.45, 2.75) is 77.3 Å². The minimum atomic E-state index is -0.878. The van der Waals surface area contributed by atoms with E-state index in [1.807, 2.05) is 13.8 Å². The number of fused-ring (bicyclic) bond motifs is 2. The van der Waals surface area contributed by atoms with E-state index in [0.717, 1.165) is 37.8 Å². The standard InChI is InChI=1S/C21H30O8/c1-5-24-16(22)8-9-17(23)25-18-13(3)15-7-6-12(2)14-10-11-20(4)27-19(26-18)21(14,15)29-28-20/h8-9,12-15,18-19H,5-7,10-11H2,1-4H3/b9-8+/t12-,13-,14-,15-,18-,19-,20-,21-/m1/s1. The molecule has 1 saturated carbocycles. The van der Waals surface area contributed by atoms with Gasteiger partial charge in [-0.05, 0) is 44.9 Å². The van der Waals surface area contributed by atoms with Crippen LogP contribution in [-0.2, 0) is 38.3 Å². The third kappa shape index (κ3) is 3.50. The second-order valence-electron chi connectivity index (χ2n) is 8.80. The normalized spacial score (nSPS) is 46.1. The third-order valence-corrected chi connectivity index (χ3v) is 6.97. The summed E-state index contributed by atoms with van der Waals surface area (Å²) < 4.78 is 22.7. The molecule has 1 spiro atoms. The zero-order chi connectivity index (χ0) is 20.8. The first-order chi connectivity index (χ1) is 13.8. The van der Waals surface area contributed by atoms with Gasteiger partial charge < -0.3 is 18.9 Å². The molecule has 1 aliphatic carbocycles. The molecule has 8 nitrogen and oxygen atoms in total. The smallest absolute Gasteiger partial charge is 0.333 e. The van der Waals surface area contributed by atoms with Crippen LogP contribution in [0.1, 0.15) is 53.4 Å². The quantitative estimate of drug-likeness (QED) is 0.397. The van der Waals surface area contributed by atoms with Gasteiger partial charge in [0.1, 0.15) is 0 Å². The Morgan fingerprint density at radius 3 is 2.59 bits per heavy atom. The summed E-state index contributed by atoms with van der Waals surface area (Å²) in [5.74, 6) is -1.46. The summed E-state index contributed by atoms with van der Waals surface area (Å²) in [7, 11) is 0. The number of rotatable bonds is 4. The van der Waals surface area contributed by atoms with Crippen molar-refractivity contribution in [1.82, 2.24) is 0 Å². The van der Waals surface area contributed by atoms with E-state index in [0.29, 0.717) is 5.92 Å².